The highest BCUT2D eigenvalue weighted by molar-refractivity contribution is 9.10. The number of nitrogens with two attached hydrogens (primary N) is 1. The van der Waals surface area contributed by atoms with E-state index in [4.69, 9.17) is 10.5 Å². The van der Waals surface area contributed by atoms with E-state index in [2.05, 4.69) is 27.0 Å². The molecule has 3 rings (SSSR count). The molecule has 1 aromatic rings. The van der Waals surface area contributed by atoms with Crippen LogP contribution in [0, 0.1) is 5.41 Å². The minimum Gasteiger partial charge on any atom is -0.374 e. The first-order valence-electron chi connectivity index (χ1n) is 6.18. The van der Waals surface area contributed by atoms with Crippen molar-refractivity contribution in [2.24, 2.45) is 11.1 Å². The first kappa shape index (κ1) is 11.6. The molecule has 3 nitrogen and oxygen atoms in total. The Kier molecular flexibility index (Phi) is 2.97. The van der Waals surface area contributed by atoms with Crippen molar-refractivity contribution in [2.75, 3.05) is 6.54 Å². The van der Waals surface area contributed by atoms with Gasteiger partial charge in [0.2, 0.25) is 0 Å². The summed E-state index contributed by atoms with van der Waals surface area (Å²) in [5.74, 6) is 0. The van der Waals surface area contributed by atoms with E-state index in [1.165, 1.54) is 12.8 Å². The minimum atomic E-state index is 0.129. The Bertz CT molecular complexity index is 408. The number of hydrogen-bond donors (Lipinski definition) is 1. The fourth-order valence-electron chi connectivity index (χ4n) is 3.24. The number of pyridine rings is 1. The minimum absolute atomic E-state index is 0.129. The van der Waals surface area contributed by atoms with Crippen molar-refractivity contribution in [2.45, 2.75) is 37.9 Å². The van der Waals surface area contributed by atoms with Crippen LogP contribution >= 0.6 is 15.9 Å². The molecule has 3 atom stereocenters. The number of hydrogen-bond acceptors (Lipinski definition) is 3. The van der Waals surface area contributed by atoms with Crippen LogP contribution in [0.5, 0.6) is 0 Å². The molecule has 0 amide bonds. The SMILES string of the molecule is NCC1(Cc2ccc(Br)cn2)CC2CCC1O2. The second-order valence-corrected chi connectivity index (χ2v) is 6.15. The third-order valence-corrected chi connectivity index (χ3v) is 4.62. The van der Waals surface area contributed by atoms with E-state index in [-0.39, 0.29) is 5.41 Å². The predicted octanol–water partition coefficient (Wildman–Crippen LogP) is 2.28. The molecule has 0 radical (unpaired) electrons. The molecule has 17 heavy (non-hydrogen) atoms. The fraction of sp³-hybridized carbons (Fsp3) is 0.615. The maximum Gasteiger partial charge on any atom is 0.0652 e. The molecule has 2 saturated heterocycles. The first-order chi connectivity index (χ1) is 8.22. The van der Waals surface area contributed by atoms with Crippen LogP contribution in [0.4, 0.5) is 0 Å². The molecule has 0 spiro atoms. The maximum atomic E-state index is 6.02. The van der Waals surface area contributed by atoms with Crippen molar-refractivity contribution in [3.63, 3.8) is 0 Å². The standard InChI is InChI=1S/C13H17BrN2O/c14-9-1-2-10(16-7-9)5-13(8-15)6-11-3-4-12(13)17-11/h1-2,7,11-12H,3-6,8,15H2. The van der Waals surface area contributed by atoms with Crippen LogP contribution in [0.15, 0.2) is 22.8 Å². The zero-order valence-corrected chi connectivity index (χ0v) is 11.3. The highest BCUT2D eigenvalue weighted by atomic mass is 79.9. The number of halogens is 1. The summed E-state index contributed by atoms with van der Waals surface area (Å²) in [6, 6.07) is 4.12. The van der Waals surface area contributed by atoms with Gasteiger partial charge >= 0.3 is 0 Å². The maximum absolute atomic E-state index is 6.02. The average molecular weight is 297 g/mol. The molecule has 2 aliphatic heterocycles. The van der Waals surface area contributed by atoms with E-state index in [0.29, 0.717) is 18.8 Å². The van der Waals surface area contributed by atoms with E-state index in [1.807, 2.05) is 12.3 Å². The van der Waals surface area contributed by atoms with E-state index in [9.17, 15) is 0 Å². The Labute approximate surface area is 110 Å². The van der Waals surface area contributed by atoms with Crippen molar-refractivity contribution < 1.29 is 4.74 Å². The van der Waals surface area contributed by atoms with Gasteiger partial charge in [0.1, 0.15) is 0 Å². The first-order valence-corrected chi connectivity index (χ1v) is 6.97. The lowest BCUT2D eigenvalue weighted by atomic mass is 9.71. The Morgan fingerprint density at radius 2 is 2.35 bits per heavy atom. The summed E-state index contributed by atoms with van der Waals surface area (Å²) in [6.45, 7) is 0.700. The van der Waals surface area contributed by atoms with Gasteiger partial charge in [-0.3, -0.25) is 4.98 Å². The lowest BCUT2D eigenvalue weighted by molar-refractivity contribution is 0.0632. The molecule has 92 valence electrons. The third-order valence-electron chi connectivity index (χ3n) is 4.15. The van der Waals surface area contributed by atoms with Gasteiger partial charge in [0.15, 0.2) is 0 Å². The summed E-state index contributed by atoms with van der Waals surface area (Å²) in [7, 11) is 0. The molecule has 0 saturated carbocycles. The smallest absolute Gasteiger partial charge is 0.0652 e. The number of fused-ring (bicyclic) bond motifs is 2. The van der Waals surface area contributed by atoms with Crippen LogP contribution in [-0.2, 0) is 11.2 Å². The number of ether oxygens (including phenoxy) is 1. The van der Waals surface area contributed by atoms with Gasteiger partial charge in [0, 0.05) is 28.3 Å². The van der Waals surface area contributed by atoms with Gasteiger partial charge in [-0.05, 0) is 53.7 Å². The van der Waals surface area contributed by atoms with Crippen LogP contribution in [-0.4, -0.2) is 23.7 Å². The Morgan fingerprint density at radius 1 is 1.47 bits per heavy atom. The molecule has 1 aromatic heterocycles. The van der Waals surface area contributed by atoms with Crippen molar-refractivity contribution in [3.8, 4) is 0 Å². The Balaban J connectivity index is 1.80. The van der Waals surface area contributed by atoms with Crippen molar-refractivity contribution >= 4 is 15.9 Å². The molecule has 3 heterocycles. The predicted molar refractivity (Wildman–Crippen MR) is 69.6 cm³/mol. The van der Waals surface area contributed by atoms with E-state index < -0.39 is 0 Å². The highest BCUT2D eigenvalue weighted by Crippen LogP contribution is 2.48. The van der Waals surface area contributed by atoms with Gasteiger partial charge in [-0.2, -0.15) is 0 Å². The van der Waals surface area contributed by atoms with Gasteiger partial charge in [-0.1, -0.05) is 0 Å². The van der Waals surface area contributed by atoms with Crippen LogP contribution in [0.1, 0.15) is 25.0 Å². The lowest BCUT2D eigenvalue weighted by Gasteiger charge is -2.33. The second kappa shape index (κ2) is 4.34. The van der Waals surface area contributed by atoms with Gasteiger partial charge in [-0.15, -0.1) is 0 Å². The van der Waals surface area contributed by atoms with Crippen LogP contribution in [0.3, 0.4) is 0 Å². The summed E-state index contributed by atoms with van der Waals surface area (Å²) in [5.41, 5.74) is 7.26. The van der Waals surface area contributed by atoms with Crippen molar-refractivity contribution in [1.29, 1.82) is 0 Å². The molecule has 2 aliphatic rings. The number of aromatic nitrogens is 1. The van der Waals surface area contributed by atoms with Gasteiger partial charge in [0.05, 0.1) is 12.2 Å². The Morgan fingerprint density at radius 3 is 2.88 bits per heavy atom. The zero-order chi connectivity index (χ0) is 11.9. The van der Waals surface area contributed by atoms with Crippen LogP contribution in [0.2, 0.25) is 0 Å². The molecule has 2 N–H and O–H groups in total. The Hall–Kier alpha value is -0.450. The zero-order valence-electron chi connectivity index (χ0n) is 9.73. The summed E-state index contributed by atoms with van der Waals surface area (Å²) in [6.07, 6.45) is 7.07. The largest absolute Gasteiger partial charge is 0.374 e. The second-order valence-electron chi connectivity index (χ2n) is 5.24. The summed E-state index contributed by atoms with van der Waals surface area (Å²) in [5, 5.41) is 0. The number of rotatable bonds is 3. The van der Waals surface area contributed by atoms with Crippen molar-refractivity contribution in [3.05, 3.63) is 28.5 Å². The molecule has 0 aliphatic carbocycles. The quantitative estimate of drug-likeness (QED) is 0.931. The molecule has 2 bridgehead atoms. The van der Waals surface area contributed by atoms with Crippen LogP contribution in [0.25, 0.3) is 0 Å². The van der Waals surface area contributed by atoms with E-state index in [0.717, 1.165) is 23.0 Å². The summed E-state index contributed by atoms with van der Waals surface area (Å²) < 4.78 is 6.98. The van der Waals surface area contributed by atoms with Gasteiger partial charge in [0.25, 0.3) is 0 Å². The molecular weight excluding hydrogens is 280 g/mol. The fourth-order valence-corrected chi connectivity index (χ4v) is 3.47. The molecule has 2 fully saturated rings. The normalized spacial score (nSPS) is 35.4. The monoisotopic (exact) mass is 296 g/mol. The van der Waals surface area contributed by atoms with Crippen molar-refractivity contribution in [1.82, 2.24) is 4.98 Å². The van der Waals surface area contributed by atoms with Gasteiger partial charge in [-0.25, -0.2) is 0 Å². The topological polar surface area (TPSA) is 48.1 Å². The molecule has 4 heteroatoms. The molecular formula is C13H17BrN2O. The molecule has 3 unspecified atom stereocenters. The lowest BCUT2D eigenvalue weighted by Crippen LogP contribution is -2.41. The number of nitrogens with zero attached hydrogens (tertiary/aromatic N) is 1. The van der Waals surface area contributed by atoms with E-state index in [1.54, 1.807) is 0 Å². The third kappa shape index (κ3) is 2.02. The van der Waals surface area contributed by atoms with E-state index >= 15 is 0 Å². The van der Waals surface area contributed by atoms with Gasteiger partial charge < -0.3 is 10.5 Å². The summed E-state index contributed by atoms with van der Waals surface area (Å²) in [4.78, 5) is 4.46. The van der Waals surface area contributed by atoms with Crippen LogP contribution < -0.4 is 5.73 Å². The molecule has 0 aromatic carbocycles. The highest BCUT2D eigenvalue weighted by Gasteiger charge is 2.51. The average Bonchev–Trinajstić information content (AvgIpc) is 2.93. The summed E-state index contributed by atoms with van der Waals surface area (Å²) >= 11 is 3.41.